The minimum absolute atomic E-state index is 1.15. The summed E-state index contributed by atoms with van der Waals surface area (Å²) in [5, 5.41) is 3.51. The predicted molar refractivity (Wildman–Crippen MR) is 79.5 cm³/mol. The molecule has 102 valence electrons. The van der Waals surface area contributed by atoms with Gasteiger partial charge < -0.3 is 5.32 Å². The van der Waals surface area contributed by atoms with E-state index in [-0.39, 0.29) is 0 Å². The van der Waals surface area contributed by atoms with Crippen molar-refractivity contribution in [3.05, 3.63) is 12.2 Å². The Labute approximate surface area is 109 Å². The number of allylic oxidation sites excluding steroid dienone is 1. The monoisotopic (exact) mass is 239 g/mol. The zero-order valence-corrected chi connectivity index (χ0v) is 12.1. The van der Waals surface area contributed by atoms with E-state index in [1.807, 2.05) is 0 Å². The maximum absolute atomic E-state index is 3.51. The first-order valence-corrected chi connectivity index (χ1v) is 7.77. The van der Waals surface area contributed by atoms with Gasteiger partial charge in [0, 0.05) is 0 Å². The molecule has 0 atom stereocenters. The van der Waals surface area contributed by atoms with Gasteiger partial charge in [0.1, 0.15) is 0 Å². The van der Waals surface area contributed by atoms with E-state index in [2.05, 4.69) is 31.3 Å². The topological polar surface area (TPSA) is 12.0 Å². The van der Waals surface area contributed by atoms with E-state index in [9.17, 15) is 0 Å². The minimum atomic E-state index is 1.15. The van der Waals surface area contributed by atoms with E-state index in [0.29, 0.717) is 0 Å². The highest BCUT2D eigenvalue weighted by Gasteiger charge is 1.88. The molecular formula is C16H33N. The maximum Gasteiger partial charge on any atom is -0.00143 e. The van der Waals surface area contributed by atoms with Gasteiger partial charge in [-0.3, -0.25) is 0 Å². The van der Waals surface area contributed by atoms with E-state index in [4.69, 9.17) is 0 Å². The van der Waals surface area contributed by atoms with Crippen molar-refractivity contribution >= 4 is 0 Å². The van der Waals surface area contributed by atoms with E-state index < -0.39 is 0 Å². The lowest BCUT2D eigenvalue weighted by atomic mass is 10.1. The van der Waals surface area contributed by atoms with E-state index >= 15 is 0 Å². The van der Waals surface area contributed by atoms with Gasteiger partial charge in [0.25, 0.3) is 0 Å². The van der Waals surface area contributed by atoms with Crippen LogP contribution in [-0.4, -0.2) is 13.1 Å². The first-order chi connectivity index (χ1) is 8.41. The number of rotatable bonds is 13. The van der Waals surface area contributed by atoms with Crippen LogP contribution in [0.5, 0.6) is 0 Å². The Bertz CT molecular complexity index is 152. The van der Waals surface area contributed by atoms with Crippen LogP contribution in [0.1, 0.15) is 78.1 Å². The molecule has 0 heterocycles. The summed E-state index contributed by atoms with van der Waals surface area (Å²) in [6, 6.07) is 0. The second-order valence-electron chi connectivity index (χ2n) is 4.92. The number of nitrogens with one attached hydrogen (secondary N) is 1. The Morgan fingerprint density at radius 1 is 0.647 bits per heavy atom. The fraction of sp³-hybridized carbons (Fsp3) is 0.875. The maximum atomic E-state index is 3.51. The van der Waals surface area contributed by atoms with Crippen molar-refractivity contribution in [3.8, 4) is 0 Å². The lowest BCUT2D eigenvalue weighted by Crippen LogP contribution is -2.15. The van der Waals surface area contributed by atoms with Gasteiger partial charge in [-0.15, -0.1) is 0 Å². The van der Waals surface area contributed by atoms with Gasteiger partial charge in [0.2, 0.25) is 0 Å². The lowest BCUT2D eigenvalue weighted by molar-refractivity contribution is 0.586. The summed E-state index contributed by atoms with van der Waals surface area (Å²) in [6.45, 7) is 6.88. The Kier molecular flexibility index (Phi) is 15.4. The van der Waals surface area contributed by atoms with Crippen LogP contribution in [0, 0.1) is 0 Å². The molecule has 17 heavy (non-hydrogen) atoms. The molecule has 0 rings (SSSR count). The van der Waals surface area contributed by atoms with Crippen LogP contribution >= 0.6 is 0 Å². The average Bonchev–Trinajstić information content (AvgIpc) is 2.35. The van der Waals surface area contributed by atoms with Gasteiger partial charge in [0.15, 0.2) is 0 Å². The molecule has 0 aliphatic heterocycles. The highest BCUT2D eigenvalue weighted by Crippen LogP contribution is 2.01. The van der Waals surface area contributed by atoms with Crippen molar-refractivity contribution in [2.24, 2.45) is 0 Å². The molecule has 0 amide bonds. The highest BCUT2D eigenvalue weighted by atomic mass is 14.8. The molecular weight excluding hydrogens is 206 g/mol. The molecule has 0 aromatic carbocycles. The second kappa shape index (κ2) is 15.7. The van der Waals surface area contributed by atoms with E-state index in [1.165, 1.54) is 70.8 Å². The predicted octanol–water partition coefficient (Wildman–Crippen LogP) is 5.07. The third-order valence-electron chi connectivity index (χ3n) is 3.09. The molecule has 0 aliphatic carbocycles. The van der Waals surface area contributed by atoms with E-state index in [1.54, 1.807) is 0 Å². The van der Waals surface area contributed by atoms with Gasteiger partial charge in [-0.05, 0) is 38.8 Å². The molecule has 1 heteroatoms. The first-order valence-electron chi connectivity index (χ1n) is 7.77. The Morgan fingerprint density at radius 3 is 2.06 bits per heavy atom. The summed E-state index contributed by atoms with van der Waals surface area (Å²) < 4.78 is 0. The smallest absolute Gasteiger partial charge is 0.00143 e. The summed E-state index contributed by atoms with van der Waals surface area (Å²) in [5.41, 5.74) is 0. The third kappa shape index (κ3) is 15.7. The van der Waals surface area contributed by atoms with Gasteiger partial charge in [0.05, 0.1) is 0 Å². The van der Waals surface area contributed by atoms with Crippen LogP contribution in [-0.2, 0) is 0 Å². The van der Waals surface area contributed by atoms with Crippen LogP contribution in [0.2, 0.25) is 0 Å². The second-order valence-corrected chi connectivity index (χ2v) is 4.92. The zero-order valence-electron chi connectivity index (χ0n) is 12.1. The average molecular weight is 239 g/mol. The molecule has 1 N–H and O–H groups in total. The fourth-order valence-corrected chi connectivity index (χ4v) is 1.91. The van der Waals surface area contributed by atoms with Gasteiger partial charge in [-0.1, -0.05) is 64.5 Å². The lowest BCUT2D eigenvalue weighted by Gasteiger charge is -2.02. The fourth-order valence-electron chi connectivity index (χ4n) is 1.91. The van der Waals surface area contributed by atoms with Crippen molar-refractivity contribution in [1.82, 2.24) is 5.32 Å². The Hall–Kier alpha value is -0.300. The van der Waals surface area contributed by atoms with Gasteiger partial charge >= 0.3 is 0 Å². The van der Waals surface area contributed by atoms with E-state index in [0.717, 1.165) is 6.54 Å². The SMILES string of the molecule is CCCCC/C=C/CCNCCCCCCC. The minimum Gasteiger partial charge on any atom is -0.316 e. The molecule has 0 unspecified atom stereocenters. The normalized spacial score (nSPS) is 11.4. The standard InChI is InChI=1S/C16H33N/c1-3-5-7-9-10-12-14-16-17-15-13-11-8-6-4-2/h10,12,17H,3-9,11,13-16H2,1-2H3/b12-10+. The van der Waals surface area contributed by atoms with Crippen LogP contribution < -0.4 is 5.32 Å². The molecule has 0 fully saturated rings. The van der Waals surface area contributed by atoms with Crippen molar-refractivity contribution in [1.29, 1.82) is 0 Å². The van der Waals surface area contributed by atoms with Crippen LogP contribution in [0.15, 0.2) is 12.2 Å². The number of hydrogen-bond acceptors (Lipinski definition) is 1. The molecule has 1 nitrogen and oxygen atoms in total. The molecule has 0 radical (unpaired) electrons. The number of unbranched alkanes of at least 4 members (excludes halogenated alkanes) is 7. The molecule has 0 saturated carbocycles. The summed E-state index contributed by atoms with van der Waals surface area (Å²) in [4.78, 5) is 0. The van der Waals surface area contributed by atoms with Crippen molar-refractivity contribution in [2.75, 3.05) is 13.1 Å². The molecule has 0 spiro atoms. The summed E-state index contributed by atoms with van der Waals surface area (Å²) in [7, 11) is 0. The third-order valence-corrected chi connectivity index (χ3v) is 3.09. The van der Waals surface area contributed by atoms with Crippen molar-refractivity contribution in [2.45, 2.75) is 78.1 Å². The zero-order chi connectivity index (χ0) is 12.6. The Balaban J connectivity index is 2.97. The largest absolute Gasteiger partial charge is 0.316 e. The van der Waals surface area contributed by atoms with Gasteiger partial charge in [-0.25, -0.2) is 0 Å². The summed E-state index contributed by atoms with van der Waals surface area (Å²) >= 11 is 0. The highest BCUT2D eigenvalue weighted by molar-refractivity contribution is 4.81. The molecule has 0 saturated heterocycles. The van der Waals surface area contributed by atoms with Crippen molar-refractivity contribution < 1.29 is 0 Å². The number of hydrogen-bond donors (Lipinski definition) is 1. The van der Waals surface area contributed by atoms with Crippen LogP contribution in [0.3, 0.4) is 0 Å². The first kappa shape index (κ1) is 16.7. The molecule has 0 aromatic rings. The van der Waals surface area contributed by atoms with Crippen LogP contribution in [0.25, 0.3) is 0 Å². The van der Waals surface area contributed by atoms with Crippen molar-refractivity contribution in [3.63, 3.8) is 0 Å². The Morgan fingerprint density at radius 2 is 1.29 bits per heavy atom. The summed E-state index contributed by atoms with van der Waals surface area (Å²) in [6.07, 6.45) is 18.1. The summed E-state index contributed by atoms with van der Waals surface area (Å²) in [5.74, 6) is 0. The molecule has 0 bridgehead atoms. The molecule has 0 aliphatic rings. The van der Waals surface area contributed by atoms with Crippen LogP contribution in [0.4, 0.5) is 0 Å². The van der Waals surface area contributed by atoms with Gasteiger partial charge in [-0.2, -0.15) is 0 Å². The quantitative estimate of drug-likeness (QED) is 0.349. The molecule has 0 aromatic heterocycles.